The molecule has 1 aromatic rings. The summed E-state index contributed by atoms with van der Waals surface area (Å²) in [6, 6.07) is 6.06. The summed E-state index contributed by atoms with van der Waals surface area (Å²) in [6.45, 7) is 0.171. The molecule has 1 aromatic carbocycles. The average molecular weight is 198 g/mol. The topological polar surface area (TPSA) is 32.3 Å². The molecular weight excluding hydrogens is 186 g/mol. The van der Waals surface area contributed by atoms with Crippen molar-refractivity contribution in [3.8, 4) is 0 Å². The minimum atomic E-state index is 0.160. The Morgan fingerprint density at radius 3 is 3.15 bits per heavy atom. The van der Waals surface area contributed by atoms with Crippen LogP contribution in [-0.4, -0.2) is 17.8 Å². The summed E-state index contributed by atoms with van der Waals surface area (Å²) in [5.74, 6) is 0. The predicted octanol–water partition coefficient (Wildman–Crippen LogP) is 2.06. The Kier molecular flexibility index (Phi) is 2.42. The Morgan fingerprint density at radius 1 is 1.54 bits per heavy atom. The fourth-order valence-corrected chi connectivity index (χ4v) is 1.93. The number of benzene rings is 1. The van der Waals surface area contributed by atoms with Crippen LogP contribution in [0, 0.1) is 0 Å². The van der Waals surface area contributed by atoms with Crippen LogP contribution in [0.1, 0.15) is 12.0 Å². The lowest BCUT2D eigenvalue weighted by Crippen LogP contribution is -2.28. The maximum Gasteiger partial charge on any atom is 0.0640 e. The van der Waals surface area contributed by atoms with Gasteiger partial charge < -0.3 is 10.4 Å². The largest absolute Gasteiger partial charge is 0.394 e. The fraction of sp³-hybridized carbons (Fsp3) is 0.400. The third kappa shape index (κ3) is 1.64. The van der Waals surface area contributed by atoms with Gasteiger partial charge in [-0.05, 0) is 24.5 Å². The van der Waals surface area contributed by atoms with Gasteiger partial charge in [-0.3, -0.25) is 0 Å². The van der Waals surface area contributed by atoms with E-state index >= 15 is 0 Å². The highest BCUT2D eigenvalue weighted by Crippen LogP contribution is 2.31. The van der Waals surface area contributed by atoms with E-state index in [0.717, 1.165) is 23.6 Å². The van der Waals surface area contributed by atoms with Gasteiger partial charge in [0.1, 0.15) is 0 Å². The highest BCUT2D eigenvalue weighted by atomic mass is 35.5. The predicted molar refractivity (Wildman–Crippen MR) is 54.3 cm³/mol. The molecule has 70 valence electrons. The lowest BCUT2D eigenvalue weighted by molar-refractivity contribution is 0.267. The number of aliphatic hydroxyl groups is 1. The van der Waals surface area contributed by atoms with Crippen molar-refractivity contribution in [2.45, 2.75) is 18.9 Å². The van der Waals surface area contributed by atoms with Gasteiger partial charge in [0.05, 0.1) is 17.3 Å². The van der Waals surface area contributed by atoms with Crippen LogP contribution in [0.5, 0.6) is 0 Å². The van der Waals surface area contributed by atoms with Crippen LogP contribution in [0.15, 0.2) is 18.2 Å². The summed E-state index contributed by atoms with van der Waals surface area (Å²) in [5.41, 5.74) is 2.24. The van der Waals surface area contributed by atoms with Crippen molar-refractivity contribution in [2.24, 2.45) is 0 Å². The number of rotatable bonds is 1. The van der Waals surface area contributed by atoms with Crippen molar-refractivity contribution in [2.75, 3.05) is 11.9 Å². The van der Waals surface area contributed by atoms with Crippen molar-refractivity contribution in [1.29, 1.82) is 0 Å². The molecule has 3 heteroatoms. The Bertz CT molecular complexity index is 314. The molecule has 2 N–H and O–H groups in total. The smallest absolute Gasteiger partial charge is 0.0640 e. The first-order valence-electron chi connectivity index (χ1n) is 4.46. The van der Waals surface area contributed by atoms with Crippen LogP contribution in [0.2, 0.25) is 5.02 Å². The Labute approximate surface area is 82.5 Å². The van der Waals surface area contributed by atoms with E-state index in [2.05, 4.69) is 11.4 Å². The number of anilines is 1. The highest BCUT2D eigenvalue weighted by Gasteiger charge is 2.18. The summed E-state index contributed by atoms with van der Waals surface area (Å²) in [4.78, 5) is 0. The molecule has 1 aliphatic heterocycles. The van der Waals surface area contributed by atoms with E-state index < -0.39 is 0 Å². The summed E-state index contributed by atoms with van der Waals surface area (Å²) in [5, 5.41) is 13.0. The highest BCUT2D eigenvalue weighted by molar-refractivity contribution is 6.33. The fourth-order valence-electron chi connectivity index (χ4n) is 1.68. The minimum absolute atomic E-state index is 0.160. The van der Waals surface area contributed by atoms with E-state index in [0.29, 0.717) is 0 Å². The quantitative estimate of drug-likeness (QED) is 0.723. The minimum Gasteiger partial charge on any atom is -0.394 e. The lowest BCUT2D eigenvalue weighted by Gasteiger charge is -2.26. The molecule has 13 heavy (non-hydrogen) atoms. The molecule has 0 fully saturated rings. The molecule has 2 rings (SSSR count). The van der Waals surface area contributed by atoms with Crippen LogP contribution < -0.4 is 5.32 Å². The van der Waals surface area contributed by atoms with Gasteiger partial charge in [0, 0.05) is 6.04 Å². The van der Waals surface area contributed by atoms with Crippen molar-refractivity contribution in [3.05, 3.63) is 28.8 Å². The standard InChI is InChI=1S/C10H12ClNO/c11-9-3-1-2-7-4-5-8(6-13)12-10(7)9/h1-3,8,12-13H,4-6H2. The zero-order valence-electron chi connectivity index (χ0n) is 7.26. The summed E-state index contributed by atoms with van der Waals surface area (Å²) in [6.07, 6.45) is 1.97. The van der Waals surface area contributed by atoms with Gasteiger partial charge in [-0.15, -0.1) is 0 Å². The van der Waals surface area contributed by atoms with Gasteiger partial charge in [-0.2, -0.15) is 0 Å². The molecule has 0 saturated carbocycles. The third-order valence-electron chi connectivity index (χ3n) is 2.43. The van der Waals surface area contributed by atoms with E-state index in [-0.39, 0.29) is 12.6 Å². The first-order valence-corrected chi connectivity index (χ1v) is 4.84. The second kappa shape index (κ2) is 3.56. The number of hydrogen-bond acceptors (Lipinski definition) is 2. The molecule has 1 atom stereocenters. The second-order valence-electron chi connectivity index (χ2n) is 3.34. The molecule has 0 aromatic heterocycles. The summed E-state index contributed by atoms with van der Waals surface area (Å²) in [7, 11) is 0. The molecule has 0 bridgehead atoms. The van der Waals surface area contributed by atoms with Crippen LogP contribution >= 0.6 is 11.6 Å². The van der Waals surface area contributed by atoms with Crippen LogP contribution in [0.25, 0.3) is 0 Å². The SMILES string of the molecule is OCC1CCc2cccc(Cl)c2N1. The van der Waals surface area contributed by atoms with E-state index in [9.17, 15) is 0 Å². The van der Waals surface area contributed by atoms with Gasteiger partial charge in [-0.1, -0.05) is 23.7 Å². The zero-order chi connectivity index (χ0) is 9.26. The molecule has 1 aliphatic rings. The normalized spacial score (nSPS) is 20.6. The molecule has 0 aliphatic carbocycles. The number of aryl methyl sites for hydroxylation is 1. The molecule has 1 unspecified atom stereocenters. The van der Waals surface area contributed by atoms with Gasteiger partial charge in [0.2, 0.25) is 0 Å². The summed E-state index contributed by atoms with van der Waals surface area (Å²) < 4.78 is 0. The van der Waals surface area contributed by atoms with E-state index in [1.807, 2.05) is 12.1 Å². The lowest BCUT2D eigenvalue weighted by atomic mass is 9.99. The van der Waals surface area contributed by atoms with Crippen molar-refractivity contribution in [3.63, 3.8) is 0 Å². The maximum atomic E-state index is 9.00. The number of nitrogens with one attached hydrogen (secondary N) is 1. The van der Waals surface area contributed by atoms with Gasteiger partial charge in [0.15, 0.2) is 0 Å². The molecule has 0 saturated heterocycles. The number of fused-ring (bicyclic) bond motifs is 1. The number of hydrogen-bond donors (Lipinski definition) is 2. The molecule has 2 nitrogen and oxygen atoms in total. The maximum absolute atomic E-state index is 9.00. The van der Waals surface area contributed by atoms with Crippen LogP contribution in [0.4, 0.5) is 5.69 Å². The van der Waals surface area contributed by atoms with Gasteiger partial charge in [-0.25, -0.2) is 0 Å². The Hall–Kier alpha value is -0.730. The van der Waals surface area contributed by atoms with Crippen molar-refractivity contribution < 1.29 is 5.11 Å². The number of para-hydroxylation sites is 1. The monoisotopic (exact) mass is 197 g/mol. The zero-order valence-corrected chi connectivity index (χ0v) is 8.01. The second-order valence-corrected chi connectivity index (χ2v) is 3.74. The molecular formula is C10H12ClNO. The first kappa shape index (κ1) is 8.85. The number of aliphatic hydroxyl groups excluding tert-OH is 1. The first-order chi connectivity index (χ1) is 6.31. The Balaban J connectivity index is 2.32. The van der Waals surface area contributed by atoms with E-state index in [1.54, 1.807) is 0 Å². The van der Waals surface area contributed by atoms with Crippen molar-refractivity contribution in [1.82, 2.24) is 0 Å². The molecule has 0 amide bonds. The average Bonchev–Trinajstić information content (AvgIpc) is 2.18. The molecule has 1 heterocycles. The van der Waals surface area contributed by atoms with Gasteiger partial charge >= 0.3 is 0 Å². The van der Waals surface area contributed by atoms with Crippen LogP contribution in [0.3, 0.4) is 0 Å². The van der Waals surface area contributed by atoms with Crippen molar-refractivity contribution >= 4 is 17.3 Å². The molecule has 0 spiro atoms. The van der Waals surface area contributed by atoms with E-state index in [4.69, 9.17) is 16.7 Å². The summed E-state index contributed by atoms with van der Waals surface area (Å²) >= 11 is 6.02. The van der Waals surface area contributed by atoms with Gasteiger partial charge in [0.25, 0.3) is 0 Å². The molecule has 0 radical (unpaired) electrons. The van der Waals surface area contributed by atoms with E-state index in [1.165, 1.54) is 5.56 Å². The van der Waals surface area contributed by atoms with Crippen LogP contribution in [-0.2, 0) is 6.42 Å². The third-order valence-corrected chi connectivity index (χ3v) is 2.75. The Morgan fingerprint density at radius 2 is 2.38 bits per heavy atom. The number of halogens is 1.